The lowest BCUT2D eigenvalue weighted by Gasteiger charge is -2.29. The zero-order valence-corrected chi connectivity index (χ0v) is 14.4. The third-order valence-electron chi connectivity index (χ3n) is 5.02. The van der Waals surface area contributed by atoms with Crippen LogP contribution in [0.3, 0.4) is 0 Å². The Labute approximate surface area is 145 Å². The Balaban J connectivity index is 1.65. The number of benzene rings is 1. The van der Waals surface area contributed by atoms with E-state index < -0.39 is 0 Å². The van der Waals surface area contributed by atoms with Crippen LogP contribution in [-0.4, -0.2) is 15.5 Å². The molecule has 0 spiro atoms. The molecule has 4 nitrogen and oxygen atoms in total. The van der Waals surface area contributed by atoms with Crippen molar-refractivity contribution < 1.29 is 4.79 Å². The monoisotopic (exact) mass is 341 g/mol. The molecule has 1 aliphatic carbocycles. The number of aryl methyl sites for hydroxylation is 1. The maximum Gasteiger partial charge on any atom is 0.268 e. The molecule has 0 radical (unpaired) electrons. The molecule has 0 atom stereocenters. The van der Waals surface area contributed by atoms with Gasteiger partial charge in [-0.05, 0) is 48.7 Å². The summed E-state index contributed by atoms with van der Waals surface area (Å²) >= 11 is 6.03. The molecule has 0 saturated heterocycles. The smallest absolute Gasteiger partial charge is 0.268 e. The molecule has 1 aliphatic rings. The second kappa shape index (κ2) is 5.71. The van der Waals surface area contributed by atoms with Crippen molar-refractivity contribution in [1.82, 2.24) is 14.9 Å². The van der Waals surface area contributed by atoms with Crippen molar-refractivity contribution in [3.8, 4) is 0 Å². The largest absolute Gasteiger partial charge is 0.357 e. The van der Waals surface area contributed by atoms with Gasteiger partial charge in [-0.1, -0.05) is 24.4 Å². The van der Waals surface area contributed by atoms with Gasteiger partial charge in [0.25, 0.3) is 5.91 Å². The highest BCUT2D eigenvalue weighted by atomic mass is 35.5. The fraction of sp³-hybridized carbons (Fsp3) is 0.316. The Morgan fingerprint density at radius 2 is 2.04 bits per heavy atom. The Hall–Kier alpha value is -2.20. The number of aromatic amines is 1. The summed E-state index contributed by atoms with van der Waals surface area (Å²) in [4.78, 5) is 16.1. The van der Waals surface area contributed by atoms with Crippen LogP contribution in [0, 0.1) is 0 Å². The number of nitrogens with zero attached hydrogens (tertiary/aromatic N) is 1. The highest BCUT2D eigenvalue weighted by molar-refractivity contribution is 6.31. The van der Waals surface area contributed by atoms with Crippen LogP contribution in [0.5, 0.6) is 0 Å². The first-order valence-corrected chi connectivity index (χ1v) is 8.67. The number of aromatic nitrogens is 2. The van der Waals surface area contributed by atoms with Crippen LogP contribution < -0.4 is 5.32 Å². The number of carbonyl (C=O) groups excluding carboxylic acids is 1. The number of hydrogen-bond donors (Lipinski definition) is 2. The van der Waals surface area contributed by atoms with E-state index in [1.807, 2.05) is 42.1 Å². The van der Waals surface area contributed by atoms with Gasteiger partial charge in [0.15, 0.2) is 0 Å². The highest BCUT2D eigenvalue weighted by Crippen LogP contribution is 2.39. The average Bonchev–Trinajstić information content (AvgIpc) is 3.26. The van der Waals surface area contributed by atoms with Crippen molar-refractivity contribution in [2.75, 3.05) is 0 Å². The summed E-state index contributed by atoms with van der Waals surface area (Å²) in [5, 5.41) is 4.92. The Morgan fingerprint density at radius 1 is 1.25 bits per heavy atom. The minimum Gasteiger partial charge on any atom is -0.357 e. The summed E-state index contributed by atoms with van der Waals surface area (Å²) < 4.78 is 2.03. The predicted molar refractivity (Wildman–Crippen MR) is 96.3 cm³/mol. The van der Waals surface area contributed by atoms with E-state index in [-0.39, 0.29) is 11.4 Å². The van der Waals surface area contributed by atoms with Gasteiger partial charge >= 0.3 is 0 Å². The van der Waals surface area contributed by atoms with Crippen LogP contribution in [0.15, 0.2) is 42.7 Å². The molecule has 0 bridgehead atoms. The van der Waals surface area contributed by atoms with E-state index in [4.69, 9.17) is 11.6 Å². The number of nitrogens with one attached hydrogen (secondary N) is 2. The van der Waals surface area contributed by atoms with Crippen LogP contribution in [0.25, 0.3) is 10.9 Å². The quantitative estimate of drug-likeness (QED) is 0.730. The van der Waals surface area contributed by atoms with Crippen molar-refractivity contribution in [3.05, 3.63) is 59.0 Å². The standard InChI is InChI=1S/C19H20ClN3O/c1-23-9-6-14(12-23)19(7-2-3-8-19)22-18(24)17-11-13-10-15(20)4-5-16(13)21-17/h4-6,9-12,21H,2-3,7-8H2,1H3,(H,22,24). The zero-order chi connectivity index (χ0) is 16.7. The number of halogens is 1. The molecule has 0 aliphatic heterocycles. The first-order chi connectivity index (χ1) is 11.6. The van der Waals surface area contributed by atoms with E-state index in [0.29, 0.717) is 10.7 Å². The average molecular weight is 342 g/mol. The SMILES string of the molecule is Cn1ccc(C2(NC(=O)c3cc4cc(Cl)ccc4[nH]3)CCCC2)c1. The first kappa shape index (κ1) is 15.3. The number of H-pyrrole nitrogens is 1. The molecule has 0 unspecified atom stereocenters. The number of rotatable bonds is 3. The maximum atomic E-state index is 12.9. The first-order valence-electron chi connectivity index (χ1n) is 8.29. The number of amides is 1. The van der Waals surface area contributed by atoms with Crippen LogP contribution in [0.2, 0.25) is 5.02 Å². The molecule has 1 amide bonds. The Kier molecular flexibility index (Phi) is 3.65. The van der Waals surface area contributed by atoms with Gasteiger partial charge in [-0.2, -0.15) is 0 Å². The third kappa shape index (κ3) is 2.61. The summed E-state index contributed by atoms with van der Waals surface area (Å²) in [7, 11) is 2.01. The molecule has 2 heterocycles. The van der Waals surface area contributed by atoms with E-state index in [9.17, 15) is 4.79 Å². The molecule has 2 aromatic heterocycles. The molecule has 4 rings (SSSR count). The van der Waals surface area contributed by atoms with Crippen LogP contribution in [-0.2, 0) is 12.6 Å². The summed E-state index contributed by atoms with van der Waals surface area (Å²) in [5.74, 6) is -0.0620. The van der Waals surface area contributed by atoms with E-state index in [0.717, 1.165) is 36.6 Å². The maximum absolute atomic E-state index is 12.9. The minimum absolute atomic E-state index is 0.0620. The summed E-state index contributed by atoms with van der Waals surface area (Å²) in [6, 6.07) is 9.56. The van der Waals surface area contributed by atoms with Crippen molar-refractivity contribution in [2.45, 2.75) is 31.2 Å². The van der Waals surface area contributed by atoms with Gasteiger partial charge in [-0.25, -0.2) is 0 Å². The molecule has 1 fully saturated rings. The molecule has 3 aromatic rings. The van der Waals surface area contributed by atoms with Crippen molar-refractivity contribution >= 4 is 28.4 Å². The number of carbonyl (C=O) groups is 1. The predicted octanol–water partition coefficient (Wildman–Crippen LogP) is 4.36. The van der Waals surface area contributed by atoms with Crippen LogP contribution in [0.1, 0.15) is 41.7 Å². The lowest BCUT2D eigenvalue weighted by Crippen LogP contribution is -2.43. The lowest BCUT2D eigenvalue weighted by atomic mass is 9.90. The van der Waals surface area contributed by atoms with Gasteiger partial charge in [0.05, 0.1) is 5.54 Å². The van der Waals surface area contributed by atoms with E-state index in [1.165, 1.54) is 5.56 Å². The summed E-state index contributed by atoms with van der Waals surface area (Å²) in [6.07, 6.45) is 8.38. The second-order valence-electron chi connectivity index (χ2n) is 6.72. The molecule has 1 aromatic carbocycles. The van der Waals surface area contributed by atoms with Crippen LogP contribution >= 0.6 is 11.6 Å². The lowest BCUT2D eigenvalue weighted by molar-refractivity contribution is 0.0894. The second-order valence-corrected chi connectivity index (χ2v) is 7.16. The van der Waals surface area contributed by atoms with Crippen molar-refractivity contribution in [2.24, 2.45) is 7.05 Å². The normalized spacial score (nSPS) is 16.6. The number of fused-ring (bicyclic) bond motifs is 1. The molecule has 124 valence electrons. The van der Waals surface area contributed by atoms with Gasteiger partial charge in [0.1, 0.15) is 5.69 Å². The molecular weight excluding hydrogens is 322 g/mol. The topological polar surface area (TPSA) is 49.8 Å². The minimum atomic E-state index is -0.257. The Morgan fingerprint density at radius 3 is 2.75 bits per heavy atom. The van der Waals surface area contributed by atoms with Gasteiger partial charge in [0.2, 0.25) is 0 Å². The highest BCUT2D eigenvalue weighted by Gasteiger charge is 2.38. The fourth-order valence-corrected chi connectivity index (χ4v) is 3.94. The third-order valence-corrected chi connectivity index (χ3v) is 5.26. The number of hydrogen-bond acceptors (Lipinski definition) is 1. The van der Waals surface area contributed by atoms with Gasteiger partial charge in [0, 0.05) is 35.4 Å². The van der Waals surface area contributed by atoms with E-state index in [2.05, 4.69) is 22.6 Å². The van der Waals surface area contributed by atoms with Crippen LogP contribution in [0.4, 0.5) is 0 Å². The molecule has 24 heavy (non-hydrogen) atoms. The van der Waals surface area contributed by atoms with Gasteiger partial charge < -0.3 is 14.9 Å². The van der Waals surface area contributed by atoms with E-state index in [1.54, 1.807) is 0 Å². The van der Waals surface area contributed by atoms with Gasteiger partial charge in [-0.15, -0.1) is 0 Å². The fourth-order valence-electron chi connectivity index (χ4n) is 3.76. The van der Waals surface area contributed by atoms with Crippen molar-refractivity contribution in [1.29, 1.82) is 0 Å². The Bertz CT molecular complexity index is 902. The molecular formula is C19H20ClN3O. The molecule has 1 saturated carbocycles. The molecule has 2 N–H and O–H groups in total. The summed E-state index contributed by atoms with van der Waals surface area (Å²) in [6.45, 7) is 0. The summed E-state index contributed by atoms with van der Waals surface area (Å²) in [5.41, 5.74) is 2.43. The van der Waals surface area contributed by atoms with Crippen molar-refractivity contribution in [3.63, 3.8) is 0 Å². The zero-order valence-electron chi connectivity index (χ0n) is 13.6. The van der Waals surface area contributed by atoms with E-state index >= 15 is 0 Å². The van der Waals surface area contributed by atoms with Gasteiger partial charge in [-0.3, -0.25) is 4.79 Å². The molecule has 5 heteroatoms.